The van der Waals surface area contributed by atoms with E-state index in [2.05, 4.69) is 22.5 Å². The lowest BCUT2D eigenvalue weighted by Gasteiger charge is -2.26. The Labute approximate surface area is 114 Å². The molecule has 1 aliphatic heterocycles. The van der Waals surface area contributed by atoms with Crippen LogP contribution in [-0.4, -0.2) is 28.5 Å². The largest absolute Gasteiger partial charge is 0.354 e. The van der Waals surface area contributed by atoms with Crippen LogP contribution in [0.2, 0.25) is 0 Å². The maximum absolute atomic E-state index is 12.1. The lowest BCUT2D eigenvalue weighted by atomic mass is 10.0. The zero-order valence-corrected chi connectivity index (χ0v) is 11.9. The van der Waals surface area contributed by atoms with Gasteiger partial charge in [-0.3, -0.25) is 4.79 Å². The maximum Gasteiger partial charge on any atom is 0.242 e. The summed E-state index contributed by atoms with van der Waals surface area (Å²) in [7, 11) is 0. The molecule has 5 heteroatoms. The van der Waals surface area contributed by atoms with Gasteiger partial charge in [-0.25, -0.2) is 4.98 Å². The van der Waals surface area contributed by atoms with Gasteiger partial charge in [0.15, 0.2) is 0 Å². The maximum atomic E-state index is 12.1. The standard InChI is InChI=1S/C14H24N4O/c1-3-7-17-14(19)11(2)18-10-15-9-13(18)12-6-4-5-8-16-12/h9-12,16H,3-8H2,1-2H3,(H,17,19). The predicted octanol–water partition coefficient (Wildman–Crippen LogP) is 1.78. The van der Waals surface area contributed by atoms with Crippen molar-refractivity contribution in [1.29, 1.82) is 0 Å². The van der Waals surface area contributed by atoms with Gasteiger partial charge < -0.3 is 15.2 Å². The molecule has 2 atom stereocenters. The number of carbonyl (C=O) groups excluding carboxylic acids is 1. The quantitative estimate of drug-likeness (QED) is 0.852. The van der Waals surface area contributed by atoms with Crippen LogP contribution in [0.25, 0.3) is 0 Å². The predicted molar refractivity (Wildman–Crippen MR) is 74.8 cm³/mol. The molecule has 2 rings (SSSR count). The second-order valence-electron chi connectivity index (χ2n) is 5.20. The van der Waals surface area contributed by atoms with Gasteiger partial charge in [-0.2, -0.15) is 0 Å². The smallest absolute Gasteiger partial charge is 0.242 e. The van der Waals surface area contributed by atoms with Gasteiger partial charge in [-0.05, 0) is 32.7 Å². The summed E-state index contributed by atoms with van der Waals surface area (Å²) < 4.78 is 1.99. The number of nitrogens with zero attached hydrogens (tertiary/aromatic N) is 2. The molecule has 1 aromatic heterocycles. The van der Waals surface area contributed by atoms with Crippen molar-refractivity contribution in [3.8, 4) is 0 Å². The molecule has 0 spiro atoms. The van der Waals surface area contributed by atoms with E-state index in [1.807, 2.05) is 17.7 Å². The van der Waals surface area contributed by atoms with Gasteiger partial charge in [0.05, 0.1) is 12.0 Å². The number of imidazole rings is 1. The number of nitrogens with one attached hydrogen (secondary N) is 2. The first kappa shape index (κ1) is 14.1. The van der Waals surface area contributed by atoms with Gasteiger partial charge in [0.25, 0.3) is 0 Å². The van der Waals surface area contributed by atoms with Crippen LogP contribution in [0.1, 0.15) is 57.3 Å². The molecule has 2 unspecified atom stereocenters. The SMILES string of the molecule is CCCNC(=O)C(C)n1cncc1C1CCCCN1. The molecule has 106 valence electrons. The van der Waals surface area contributed by atoms with Gasteiger partial charge in [-0.1, -0.05) is 13.3 Å². The third-order valence-corrected chi connectivity index (χ3v) is 3.71. The minimum atomic E-state index is -0.201. The molecule has 0 bridgehead atoms. The Hall–Kier alpha value is -1.36. The Bertz CT molecular complexity index is 409. The fraction of sp³-hybridized carbons (Fsp3) is 0.714. The Kier molecular flexibility index (Phi) is 4.96. The van der Waals surface area contributed by atoms with Crippen LogP contribution >= 0.6 is 0 Å². The zero-order valence-electron chi connectivity index (χ0n) is 11.9. The lowest BCUT2D eigenvalue weighted by molar-refractivity contribution is -0.123. The molecular formula is C14H24N4O. The van der Waals surface area contributed by atoms with Crippen molar-refractivity contribution in [2.24, 2.45) is 0 Å². The van der Waals surface area contributed by atoms with Crippen molar-refractivity contribution >= 4 is 5.91 Å². The molecule has 1 saturated heterocycles. The summed E-state index contributed by atoms with van der Waals surface area (Å²) in [6, 6.07) is 0.130. The number of aromatic nitrogens is 2. The Balaban J connectivity index is 2.07. The summed E-state index contributed by atoms with van der Waals surface area (Å²) in [4.78, 5) is 16.3. The highest BCUT2D eigenvalue weighted by molar-refractivity contribution is 5.79. The van der Waals surface area contributed by atoms with Gasteiger partial charge in [-0.15, -0.1) is 0 Å². The number of rotatable bonds is 5. The summed E-state index contributed by atoms with van der Waals surface area (Å²) in [5.74, 6) is 0.0666. The van der Waals surface area contributed by atoms with E-state index in [1.165, 1.54) is 12.8 Å². The third-order valence-electron chi connectivity index (χ3n) is 3.71. The zero-order chi connectivity index (χ0) is 13.7. The van der Waals surface area contributed by atoms with E-state index in [0.717, 1.165) is 31.6 Å². The number of piperidine rings is 1. The molecule has 1 aliphatic rings. The Morgan fingerprint density at radius 2 is 2.47 bits per heavy atom. The van der Waals surface area contributed by atoms with E-state index in [-0.39, 0.29) is 11.9 Å². The van der Waals surface area contributed by atoms with Gasteiger partial charge in [0.2, 0.25) is 5.91 Å². The van der Waals surface area contributed by atoms with Crippen molar-refractivity contribution in [2.45, 2.75) is 51.6 Å². The van der Waals surface area contributed by atoms with E-state index in [9.17, 15) is 4.79 Å². The van der Waals surface area contributed by atoms with Crippen molar-refractivity contribution in [3.05, 3.63) is 18.2 Å². The van der Waals surface area contributed by atoms with Crippen LogP contribution in [0.5, 0.6) is 0 Å². The topological polar surface area (TPSA) is 59.0 Å². The second-order valence-corrected chi connectivity index (χ2v) is 5.20. The molecule has 19 heavy (non-hydrogen) atoms. The molecule has 0 radical (unpaired) electrons. The summed E-state index contributed by atoms with van der Waals surface area (Å²) in [5.41, 5.74) is 1.12. The highest BCUT2D eigenvalue weighted by Gasteiger charge is 2.23. The summed E-state index contributed by atoms with van der Waals surface area (Å²) in [6.45, 7) is 5.76. The molecule has 0 aromatic carbocycles. The first-order chi connectivity index (χ1) is 9.24. The molecular weight excluding hydrogens is 240 g/mol. The molecule has 5 nitrogen and oxygen atoms in total. The lowest BCUT2D eigenvalue weighted by Crippen LogP contribution is -2.34. The van der Waals surface area contributed by atoms with Crippen LogP contribution in [0.3, 0.4) is 0 Å². The number of hydrogen-bond acceptors (Lipinski definition) is 3. The van der Waals surface area contributed by atoms with Gasteiger partial charge >= 0.3 is 0 Å². The monoisotopic (exact) mass is 264 g/mol. The summed E-state index contributed by atoms with van der Waals surface area (Å²) in [6.07, 6.45) is 8.19. The van der Waals surface area contributed by atoms with Crippen molar-refractivity contribution in [2.75, 3.05) is 13.1 Å². The first-order valence-corrected chi connectivity index (χ1v) is 7.27. The highest BCUT2D eigenvalue weighted by Crippen LogP contribution is 2.24. The van der Waals surface area contributed by atoms with Crippen LogP contribution < -0.4 is 10.6 Å². The average Bonchev–Trinajstić information content (AvgIpc) is 2.94. The number of carbonyl (C=O) groups is 1. The molecule has 1 amide bonds. The fourth-order valence-electron chi connectivity index (χ4n) is 2.53. The molecule has 0 aliphatic carbocycles. The van der Waals surface area contributed by atoms with E-state index >= 15 is 0 Å². The van der Waals surface area contributed by atoms with Crippen LogP contribution in [0, 0.1) is 0 Å². The average molecular weight is 264 g/mol. The van der Waals surface area contributed by atoms with E-state index in [4.69, 9.17) is 0 Å². The third kappa shape index (κ3) is 3.35. The molecule has 2 heterocycles. The minimum Gasteiger partial charge on any atom is -0.354 e. The Morgan fingerprint density at radius 3 is 3.16 bits per heavy atom. The first-order valence-electron chi connectivity index (χ1n) is 7.27. The van der Waals surface area contributed by atoms with E-state index < -0.39 is 0 Å². The molecule has 2 N–H and O–H groups in total. The van der Waals surface area contributed by atoms with Gasteiger partial charge in [0, 0.05) is 18.8 Å². The summed E-state index contributed by atoms with van der Waals surface area (Å²) in [5, 5.41) is 6.45. The fourth-order valence-corrected chi connectivity index (χ4v) is 2.53. The van der Waals surface area contributed by atoms with Crippen molar-refractivity contribution < 1.29 is 4.79 Å². The van der Waals surface area contributed by atoms with Crippen LogP contribution in [0.15, 0.2) is 12.5 Å². The van der Waals surface area contributed by atoms with Crippen LogP contribution in [-0.2, 0) is 4.79 Å². The molecule has 1 fully saturated rings. The van der Waals surface area contributed by atoms with Gasteiger partial charge in [0.1, 0.15) is 6.04 Å². The minimum absolute atomic E-state index is 0.0666. The normalized spacial score (nSPS) is 21.1. The van der Waals surface area contributed by atoms with E-state index in [1.54, 1.807) is 6.33 Å². The molecule has 1 aromatic rings. The summed E-state index contributed by atoms with van der Waals surface area (Å²) >= 11 is 0. The van der Waals surface area contributed by atoms with E-state index in [0.29, 0.717) is 6.04 Å². The second kappa shape index (κ2) is 6.70. The van der Waals surface area contributed by atoms with Crippen molar-refractivity contribution in [1.82, 2.24) is 20.2 Å². The highest BCUT2D eigenvalue weighted by atomic mass is 16.2. The number of hydrogen-bond donors (Lipinski definition) is 2. The molecule has 0 saturated carbocycles. The Morgan fingerprint density at radius 1 is 1.63 bits per heavy atom. The number of amides is 1. The van der Waals surface area contributed by atoms with Crippen molar-refractivity contribution in [3.63, 3.8) is 0 Å². The van der Waals surface area contributed by atoms with Crippen LogP contribution in [0.4, 0.5) is 0 Å².